The molecule has 0 radical (unpaired) electrons. The third-order valence-corrected chi connectivity index (χ3v) is 2.56. The number of allylic oxidation sites excluding steroid dienone is 1. The second-order valence-electron chi connectivity index (χ2n) is 3.79. The molecule has 2 rings (SSSR count). The average molecular weight is 261 g/mol. The minimum absolute atomic E-state index is 0.550. The number of hydrogen-bond donors (Lipinski definition) is 0. The monoisotopic (exact) mass is 260 g/mol. The van der Waals surface area contributed by atoms with E-state index in [1.165, 1.54) is 0 Å². The fraction of sp³-hybridized carbons (Fsp3) is 0.154. The first-order valence-electron chi connectivity index (χ1n) is 5.52. The van der Waals surface area contributed by atoms with E-state index in [0.29, 0.717) is 5.03 Å². The summed E-state index contributed by atoms with van der Waals surface area (Å²) in [7, 11) is 0. The highest BCUT2D eigenvalue weighted by atomic mass is 35.5. The Hall–Kier alpha value is -1.94. The average Bonchev–Trinajstić information content (AvgIpc) is 2.68. The summed E-state index contributed by atoms with van der Waals surface area (Å²) in [5, 5.41) is 12.6. The van der Waals surface area contributed by atoms with Gasteiger partial charge in [0.2, 0.25) is 0 Å². The van der Waals surface area contributed by atoms with Crippen LogP contribution in [0, 0.1) is 13.8 Å². The zero-order valence-electron chi connectivity index (χ0n) is 10.2. The van der Waals surface area contributed by atoms with Crippen molar-refractivity contribution in [3.63, 3.8) is 0 Å². The van der Waals surface area contributed by atoms with E-state index in [0.717, 1.165) is 17.2 Å². The summed E-state index contributed by atoms with van der Waals surface area (Å²) in [5.41, 5.74) is 1.03. The van der Waals surface area contributed by atoms with Crippen LogP contribution in [0.5, 0.6) is 0 Å². The molecular weight excluding hydrogens is 248 g/mol. The molecule has 0 aliphatic rings. The van der Waals surface area contributed by atoms with Gasteiger partial charge in [-0.15, -0.1) is 10.2 Å². The van der Waals surface area contributed by atoms with Crippen LogP contribution in [0.2, 0.25) is 0 Å². The molecule has 0 saturated carbocycles. The molecule has 4 nitrogen and oxygen atoms in total. The molecule has 1 aromatic carbocycles. The lowest BCUT2D eigenvalue weighted by Gasteiger charge is -1.97. The number of rotatable bonds is 3. The molecular formula is C13H13ClN4. The first-order chi connectivity index (χ1) is 8.66. The van der Waals surface area contributed by atoms with Gasteiger partial charge in [-0.1, -0.05) is 41.9 Å². The molecule has 18 heavy (non-hydrogen) atoms. The lowest BCUT2D eigenvalue weighted by atomic mass is 10.2. The van der Waals surface area contributed by atoms with Crippen LogP contribution in [0.25, 0.3) is 6.08 Å². The molecule has 1 aromatic heterocycles. The minimum Gasteiger partial charge on any atom is -0.202 e. The van der Waals surface area contributed by atoms with Crippen molar-refractivity contribution in [2.45, 2.75) is 13.8 Å². The highest BCUT2D eigenvalue weighted by Gasteiger charge is 2.01. The Morgan fingerprint density at radius 2 is 1.78 bits per heavy atom. The molecule has 0 amide bonds. The van der Waals surface area contributed by atoms with Crippen molar-refractivity contribution in [1.29, 1.82) is 0 Å². The maximum atomic E-state index is 6.09. The first kappa shape index (κ1) is 12.5. The van der Waals surface area contributed by atoms with Crippen molar-refractivity contribution in [3.8, 4) is 0 Å². The van der Waals surface area contributed by atoms with E-state index in [1.54, 1.807) is 10.9 Å². The lowest BCUT2D eigenvalue weighted by molar-refractivity contribution is 0.799. The Balaban J connectivity index is 2.17. The zero-order valence-corrected chi connectivity index (χ0v) is 11.0. The van der Waals surface area contributed by atoms with Crippen LogP contribution < -0.4 is 0 Å². The summed E-state index contributed by atoms with van der Waals surface area (Å²) in [4.78, 5) is 0. The standard InChI is InChI=1S/C13H13ClN4/c1-10-16-17-11(2)18(10)15-9-13(14)8-12-6-4-3-5-7-12/h3-9H,1-2H3/b13-8+,15-9-. The van der Waals surface area contributed by atoms with Crippen LogP contribution in [-0.4, -0.2) is 21.1 Å². The van der Waals surface area contributed by atoms with Gasteiger partial charge < -0.3 is 0 Å². The van der Waals surface area contributed by atoms with Crippen LogP contribution in [0.1, 0.15) is 17.2 Å². The number of aromatic nitrogens is 3. The van der Waals surface area contributed by atoms with E-state index >= 15 is 0 Å². The second kappa shape index (κ2) is 5.60. The Kier molecular flexibility index (Phi) is 3.89. The number of nitrogens with zero attached hydrogens (tertiary/aromatic N) is 4. The Labute approximate surface area is 111 Å². The number of benzene rings is 1. The van der Waals surface area contributed by atoms with Crippen molar-refractivity contribution < 1.29 is 0 Å². The molecule has 0 spiro atoms. The van der Waals surface area contributed by atoms with Crippen LogP contribution in [-0.2, 0) is 0 Å². The summed E-state index contributed by atoms with van der Waals surface area (Å²) in [6.07, 6.45) is 3.43. The van der Waals surface area contributed by atoms with E-state index in [4.69, 9.17) is 11.6 Å². The van der Waals surface area contributed by atoms with Crippen LogP contribution in [0.4, 0.5) is 0 Å². The normalized spacial score (nSPS) is 12.3. The van der Waals surface area contributed by atoms with Gasteiger partial charge in [-0.05, 0) is 25.5 Å². The van der Waals surface area contributed by atoms with Gasteiger partial charge in [0.05, 0.1) is 11.2 Å². The zero-order chi connectivity index (χ0) is 13.0. The van der Waals surface area contributed by atoms with E-state index in [2.05, 4.69) is 15.3 Å². The second-order valence-corrected chi connectivity index (χ2v) is 4.23. The lowest BCUT2D eigenvalue weighted by Crippen LogP contribution is -1.95. The largest absolute Gasteiger partial charge is 0.202 e. The molecule has 0 atom stereocenters. The Morgan fingerprint density at radius 1 is 1.17 bits per heavy atom. The Morgan fingerprint density at radius 3 is 2.39 bits per heavy atom. The molecule has 0 unspecified atom stereocenters. The van der Waals surface area contributed by atoms with Gasteiger partial charge >= 0.3 is 0 Å². The maximum Gasteiger partial charge on any atom is 0.151 e. The summed E-state index contributed by atoms with van der Waals surface area (Å²) < 4.78 is 1.64. The van der Waals surface area contributed by atoms with E-state index < -0.39 is 0 Å². The number of hydrogen-bond acceptors (Lipinski definition) is 3. The third-order valence-electron chi connectivity index (χ3n) is 2.35. The van der Waals surface area contributed by atoms with Crippen LogP contribution in [0.3, 0.4) is 0 Å². The molecule has 5 heteroatoms. The molecule has 0 fully saturated rings. The first-order valence-corrected chi connectivity index (χ1v) is 5.90. The van der Waals surface area contributed by atoms with Gasteiger partial charge in [-0.2, -0.15) is 5.10 Å². The number of halogens is 1. The SMILES string of the molecule is Cc1nnc(C)n1/N=C\C(Cl)=C/c1ccccc1. The molecule has 0 saturated heterocycles. The van der Waals surface area contributed by atoms with Crippen LogP contribution in [0.15, 0.2) is 40.5 Å². The summed E-state index contributed by atoms with van der Waals surface area (Å²) in [6, 6.07) is 9.84. The predicted molar refractivity (Wildman–Crippen MR) is 73.7 cm³/mol. The molecule has 92 valence electrons. The van der Waals surface area contributed by atoms with Gasteiger partial charge in [0.1, 0.15) is 0 Å². The fourth-order valence-corrected chi connectivity index (χ4v) is 1.66. The van der Waals surface area contributed by atoms with Crippen molar-refractivity contribution in [1.82, 2.24) is 14.9 Å². The third kappa shape index (κ3) is 3.05. The molecule has 1 heterocycles. The molecule has 2 aromatic rings. The Bertz CT molecular complexity index is 565. The van der Waals surface area contributed by atoms with E-state index in [-0.39, 0.29) is 0 Å². The topological polar surface area (TPSA) is 43.1 Å². The van der Waals surface area contributed by atoms with Gasteiger partial charge in [0, 0.05) is 0 Å². The van der Waals surface area contributed by atoms with Crippen molar-refractivity contribution >= 4 is 23.9 Å². The predicted octanol–water partition coefficient (Wildman–Crippen LogP) is 3.01. The highest BCUT2D eigenvalue weighted by Crippen LogP contribution is 2.08. The van der Waals surface area contributed by atoms with E-state index in [1.807, 2.05) is 50.3 Å². The van der Waals surface area contributed by atoms with E-state index in [9.17, 15) is 0 Å². The number of aryl methyl sites for hydroxylation is 2. The molecule has 0 aliphatic heterocycles. The quantitative estimate of drug-likeness (QED) is 0.796. The fourth-order valence-electron chi connectivity index (χ4n) is 1.49. The van der Waals surface area contributed by atoms with Crippen molar-refractivity contribution in [3.05, 3.63) is 52.6 Å². The highest BCUT2D eigenvalue weighted by molar-refractivity contribution is 6.41. The summed E-state index contributed by atoms with van der Waals surface area (Å²) in [5.74, 6) is 1.46. The molecule has 0 bridgehead atoms. The summed E-state index contributed by atoms with van der Waals surface area (Å²) >= 11 is 6.09. The smallest absolute Gasteiger partial charge is 0.151 e. The maximum absolute atomic E-state index is 6.09. The van der Waals surface area contributed by atoms with Crippen LogP contribution >= 0.6 is 11.6 Å². The molecule has 0 N–H and O–H groups in total. The van der Waals surface area contributed by atoms with Gasteiger partial charge in [0.25, 0.3) is 0 Å². The summed E-state index contributed by atoms with van der Waals surface area (Å²) in [6.45, 7) is 3.68. The van der Waals surface area contributed by atoms with Gasteiger partial charge in [-0.25, -0.2) is 4.68 Å². The van der Waals surface area contributed by atoms with Gasteiger partial charge in [0.15, 0.2) is 11.6 Å². The van der Waals surface area contributed by atoms with Crippen molar-refractivity contribution in [2.75, 3.05) is 0 Å². The molecule has 0 aliphatic carbocycles. The van der Waals surface area contributed by atoms with Gasteiger partial charge in [-0.3, -0.25) is 0 Å². The minimum atomic E-state index is 0.550. The van der Waals surface area contributed by atoms with Crippen molar-refractivity contribution in [2.24, 2.45) is 5.10 Å².